The second kappa shape index (κ2) is 3.89. The van der Waals surface area contributed by atoms with Crippen molar-refractivity contribution < 1.29 is 23.5 Å². The molecule has 1 unspecified atom stereocenters. The lowest BCUT2D eigenvalue weighted by atomic mass is 10.1. The maximum Gasteiger partial charge on any atom is 0.394 e. The van der Waals surface area contributed by atoms with Crippen LogP contribution in [0.1, 0.15) is 19.3 Å². The normalized spacial score (nSPS) is 24.6. The predicted molar refractivity (Wildman–Crippen MR) is 42.9 cm³/mol. The molecule has 1 rings (SSSR count). The van der Waals surface area contributed by atoms with Crippen LogP contribution in [0.2, 0.25) is 0 Å². The number of rotatable bonds is 2. The van der Waals surface area contributed by atoms with Gasteiger partial charge in [0.1, 0.15) is 0 Å². The highest BCUT2D eigenvalue weighted by Gasteiger charge is 2.39. The molecule has 0 saturated heterocycles. The number of carbonyl (C=O) groups is 2. The van der Waals surface area contributed by atoms with E-state index in [0.29, 0.717) is 6.42 Å². The number of carboxylic acid groups (broad SMARTS) is 1. The van der Waals surface area contributed by atoms with Gasteiger partial charge in [0.05, 0.1) is 0 Å². The minimum absolute atomic E-state index is 0.0146. The molecule has 0 aliphatic heterocycles. The van der Waals surface area contributed by atoms with E-state index in [4.69, 9.17) is 5.11 Å². The van der Waals surface area contributed by atoms with Crippen molar-refractivity contribution in [1.82, 2.24) is 5.32 Å². The van der Waals surface area contributed by atoms with Gasteiger partial charge in [0.15, 0.2) is 0 Å². The number of hydrogen-bond donors (Lipinski definition) is 2. The molecule has 1 amide bonds. The van der Waals surface area contributed by atoms with Gasteiger partial charge in [0.25, 0.3) is 0 Å². The Labute approximate surface area is 79.3 Å². The molecule has 1 aliphatic carbocycles. The fraction of sp³-hybridized carbons (Fsp3) is 0.750. The number of halogens is 2. The molecular weight excluding hydrogens is 196 g/mol. The summed E-state index contributed by atoms with van der Waals surface area (Å²) in [6.07, 6.45) is -0.125. The van der Waals surface area contributed by atoms with Crippen LogP contribution in [0, 0.1) is 5.92 Å². The topological polar surface area (TPSA) is 66.4 Å². The molecule has 14 heavy (non-hydrogen) atoms. The summed E-state index contributed by atoms with van der Waals surface area (Å²) in [6, 6.07) is 0. The van der Waals surface area contributed by atoms with Gasteiger partial charge < -0.3 is 10.4 Å². The van der Waals surface area contributed by atoms with Gasteiger partial charge in [-0.15, -0.1) is 0 Å². The van der Waals surface area contributed by atoms with Crippen LogP contribution >= 0.6 is 0 Å². The Hall–Kier alpha value is -1.20. The molecule has 0 heterocycles. The molecule has 1 aliphatic rings. The smallest absolute Gasteiger partial charge is 0.394 e. The van der Waals surface area contributed by atoms with Gasteiger partial charge >= 0.3 is 11.9 Å². The summed E-state index contributed by atoms with van der Waals surface area (Å²) in [7, 11) is 0. The largest absolute Gasteiger partial charge is 0.474 e. The number of alkyl halides is 2. The third-order valence-corrected chi connectivity index (χ3v) is 2.25. The van der Waals surface area contributed by atoms with Crippen LogP contribution in [-0.2, 0) is 9.59 Å². The van der Waals surface area contributed by atoms with Crippen molar-refractivity contribution >= 4 is 11.9 Å². The number of nitrogens with one attached hydrogen (secondary N) is 1. The Morgan fingerprint density at radius 3 is 2.57 bits per heavy atom. The van der Waals surface area contributed by atoms with Crippen LogP contribution in [0.4, 0.5) is 8.78 Å². The summed E-state index contributed by atoms with van der Waals surface area (Å²) in [6.45, 7) is 0.0146. The summed E-state index contributed by atoms with van der Waals surface area (Å²) in [5.74, 6) is -5.69. The van der Waals surface area contributed by atoms with Crippen molar-refractivity contribution in [1.29, 1.82) is 0 Å². The molecule has 1 atom stereocenters. The van der Waals surface area contributed by atoms with E-state index in [1.54, 1.807) is 0 Å². The Bertz CT molecular complexity index is 255. The van der Waals surface area contributed by atoms with Crippen LogP contribution in [-0.4, -0.2) is 29.5 Å². The van der Waals surface area contributed by atoms with Crippen LogP contribution in [0.25, 0.3) is 0 Å². The van der Waals surface area contributed by atoms with E-state index in [0.717, 1.165) is 0 Å². The van der Waals surface area contributed by atoms with E-state index < -0.39 is 17.8 Å². The molecule has 2 N–H and O–H groups in total. The summed E-state index contributed by atoms with van der Waals surface area (Å²) in [5, 5.41) is 10.3. The Balaban J connectivity index is 2.27. The van der Waals surface area contributed by atoms with Gasteiger partial charge in [-0.2, -0.15) is 0 Å². The van der Waals surface area contributed by atoms with Gasteiger partial charge in [0, 0.05) is 19.4 Å². The van der Waals surface area contributed by atoms with Gasteiger partial charge in [-0.3, -0.25) is 4.79 Å². The number of amides is 1. The average molecular weight is 207 g/mol. The standard InChI is InChI=1S/C8H11F2NO3/c9-8(10)2-1-5(3-8)4-11-6(12)7(13)14/h5H,1-4H2,(H,11,12)(H,13,14). The van der Waals surface area contributed by atoms with Crippen molar-refractivity contribution in [2.75, 3.05) is 6.54 Å². The maximum absolute atomic E-state index is 12.6. The lowest BCUT2D eigenvalue weighted by Gasteiger charge is -2.10. The fourth-order valence-electron chi connectivity index (χ4n) is 1.53. The number of hydrogen-bond acceptors (Lipinski definition) is 2. The molecule has 0 aromatic heterocycles. The number of carbonyl (C=O) groups excluding carboxylic acids is 1. The highest BCUT2D eigenvalue weighted by atomic mass is 19.3. The van der Waals surface area contributed by atoms with Crippen LogP contribution in [0.5, 0.6) is 0 Å². The van der Waals surface area contributed by atoms with E-state index in [2.05, 4.69) is 5.32 Å². The first-order valence-corrected chi connectivity index (χ1v) is 4.30. The highest BCUT2D eigenvalue weighted by Crippen LogP contribution is 2.38. The minimum atomic E-state index is -2.65. The maximum atomic E-state index is 12.6. The zero-order valence-electron chi connectivity index (χ0n) is 7.43. The molecule has 1 fully saturated rings. The first-order valence-electron chi connectivity index (χ1n) is 4.30. The first-order chi connectivity index (χ1) is 6.41. The lowest BCUT2D eigenvalue weighted by Crippen LogP contribution is -2.34. The fourth-order valence-corrected chi connectivity index (χ4v) is 1.53. The number of aliphatic carboxylic acids is 1. The molecule has 6 heteroatoms. The molecule has 0 radical (unpaired) electrons. The van der Waals surface area contributed by atoms with Gasteiger partial charge in [-0.05, 0) is 12.3 Å². The molecule has 80 valence electrons. The second-order valence-corrected chi connectivity index (χ2v) is 3.48. The average Bonchev–Trinajstić information content (AvgIpc) is 2.41. The van der Waals surface area contributed by atoms with Crippen LogP contribution < -0.4 is 5.32 Å². The molecule has 0 spiro atoms. The summed E-state index contributed by atoms with van der Waals surface area (Å²) >= 11 is 0. The monoisotopic (exact) mass is 207 g/mol. The third kappa shape index (κ3) is 2.93. The molecule has 1 saturated carbocycles. The lowest BCUT2D eigenvalue weighted by molar-refractivity contribution is -0.150. The summed E-state index contributed by atoms with van der Waals surface area (Å²) in [4.78, 5) is 20.6. The SMILES string of the molecule is O=C(O)C(=O)NCC1CCC(F)(F)C1. The molecule has 4 nitrogen and oxygen atoms in total. The number of carboxylic acids is 1. The quantitative estimate of drug-likeness (QED) is 0.652. The van der Waals surface area contributed by atoms with Gasteiger partial charge in [0.2, 0.25) is 5.92 Å². The predicted octanol–water partition coefficient (Wildman–Crippen LogP) is 0.623. The Kier molecular flexibility index (Phi) is 3.03. The zero-order valence-corrected chi connectivity index (χ0v) is 7.43. The molecule has 0 aromatic rings. The Morgan fingerprint density at radius 1 is 1.50 bits per heavy atom. The zero-order chi connectivity index (χ0) is 10.8. The van der Waals surface area contributed by atoms with Gasteiger partial charge in [-0.1, -0.05) is 0 Å². The van der Waals surface area contributed by atoms with E-state index in [9.17, 15) is 18.4 Å². The highest BCUT2D eigenvalue weighted by molar-refractivity contribution is 6.31. The van der Waals surface area contributed by atoms with Crippen LogP contribution in [0.15, 0.2) is 0 Å². The minimum Gasteiger partial charge on any atom is -0.474 e. The van der Waals surface area contributed by atoms with Crippen molar-refractivity contribution in [3.05, 3.63) is 0 Å². The molecule has 0 bridgehead atoms. The van der Waals surface area contributed by atoms with Crippen molar-refractivity contribution in [2.45, 2.75) is 25.2 Å². The van der Waals surface area contributed by atoms with Crippen molar-refractivity contribution in [3.63, 3.8) is 0 Å². The van der Waals surface area contributed by atoms with Crippen molar-refractivity contribution in [3.8, 4) is 0 Å². The molecular formula is C8H11F2NO3. The van der Waals surface area contributed by atoms with Gasteiger partial charge in [-0.25, -0.2) is 13.6 Å². The van der Waals surface area contributed by atoms with E-state index >= 15 is 0 Å². The third-order valence-electron chi connectivity index (χ3n) is 2.25. The van der Waals surface area contributed by atoms with E-state index in [-0.39, 0.29) is 25.3 Å². The van der Waals surface area contributed by atoms with E-state index in [1.165, 1.54) is 0 Å². The Morgan fingerprint density at radius 2 is 2.14 bits per heavy atom. The summed E-state index contributed by atoms with van der Waals surface area (Å²) < 4.78 is 25.3. The summed E-state index contributed by atoms with van der Waals surface area (Å²) in [5.41, 5.74) is 0. The first kappa shape index (κ1) is 10.9. The van der Waals surface area contributed by atoms with Crippen molar-refractivity contribution in [2.24, 2.45) is 5.92 Å². The second-order valence-electron chi connectivity index (χ2n) is 3.48. The molecule has 0 aromatic carbocycles. The van der Waals surface area contributed by atoms with E-state index in [1.807, 2.05) is 0 Å². The van der Waals surface area contributed by atoms with Crippen LogP contribution in [0.3, 0.4) is 0 Å².